The minimum Gasteiger partial charge on any atom is -0.423 e. The number of aryl methyl sites for hydroxylation is 4. The number of thiocyanates is 1. The third-order valence-electron chi connectivity index (χ3n) is 14.1. The Morgan fingerprint density at radius 3 is 1.45 bits per heavy atom. The molecule has 1 atom stereocenters. The molecule has 9 rings (SSSR count). The molecule has 88 heavy (non-hydrogen) atoms. The highest BCUT2D eigenvalue weighted by Gasteiger charge is 2.23. The van der Waals surface area contributed by atoms with Crippen molar-refractivity contribution in [2.24, 2.45) is 5.73 Å². The molecular weight excluding hydrogens is 1650 g/mol. The maximum absolute atomic E-state index is 11.6. The molecule has 1 fully saturated rings. The Morgan fingerprint density at radius 1 is 0.580 bits per heavy atom. The van der Waals surface area contributed by atoms with Gasteiger partial charge < -0.3 is 44.7 Å². The molecule has 0 bridgehead atoms. The zero-order valence-corrected chi connectivity index (χ0v) is 61.4. The number of anilines is 4. The van der Waals surface area contributed by atoms with Gasteiger partial charge >= 0.3 is 22.5 Å². The number of unbranched alkanes of at least 4 members (excludes halogenated alkanes) is 10. The summed E-state index contributed by atoms with van der Waals surface area (Å²) in [6.45, 7) is 13.5. The predicted molar refractivity (Wildman–Crippen MR) is 417 cm³/mol. The molecule has 1 saturated heterocycles. The van der Waals surface area contributed by atoms with Gasteiger partial charge in [0.2, 0.25) is 0 Å². The van der Waals surface area contributed by atoms with Gasteiger partial charge in [0.15, 0.2) is 0 Å². The topological polar surface area (TPSA) is 224 Å². The highest BCUT2D eigenvalue weighted by Crippen LogP contribution is 2.32. The van der Waals surface area contributed by atoms with Crippen LogP contribution in [0, 0.1) is 38.4 Å². The summed E-state index contributed by atoms with van der Waals surface area (Å²) in [5.41, 5.74) is 19.6. The summed E-state index contributed by atoms with van der Waals surface area (Å²) >= 11 is 11.4. The number of nitrogens with one attached hydrogen (secondary N) is 2. The standard InChI is InChI=1S/C17H18N2O2S.C16H20INO2.C16H22N2O2.C10H9NO2.C7H15Br.2CH4.I2.HI/c1-12-9-17(20)21-15-10-13(6-7-14(12)15)19-8-4-2-3-5-16(19)22-11-18;2*1-12-10-16(19)20-15-11-13(6-7-14(12)15)18-9-5-3-2-4-8-17;1-6-4-10(12)13-9-5-7(11)2-3-8(6)9;1-2-3-4-5-6-7-8;;;1-2;/h6-7,9-10,16H,2-5,8H2,1H3;6-7,10-11,18H,2-5,8-9H2,1H3;6-7,10-11,18H,2-5,8-9,17H2,1H3;2-5H,11H2,1H3;2-7H2,1H3;2*1H4;;1H. The van der Waals surface area contributed by atoms with Crippen molar-refractivity contribution in [3.05, 3.63) is 161 Å². The number of halogens is 5. The van der Waals surface area contributed by atoms with Crippen LogP contribution in [0.25, 0.3) is 43.9 Å². The average molecular weight is 1740 g/mol. The van der Waals surface area contributed by atoms with Crippen LogP contribution in [-0.4, -0.2) is 41.3 Å². The van der Waals surface area contributed by atoms with Crippen molar-refractivity contribution in [2.75, 3.05) is 57.2 Å². The number of nitrogen functional groups attached to an aromatic ring is 1. The van der Waals surface area contributed by atoms with Gasteiger partial charge in [0.1, 0.15) is 27.7 Å². The summed E-state index contributed by atoms with van der Waals surface area (Å²) in [6, 6.07) is 29.2. The largest absolute Gasteiger partial charge is 0.423 e. The molecule has 20 heteroatoms. The van der Waals surface area contributed by atoms with Crippen LogP contribution in [0.3, 0.4) is 0 Å². The predicted octanol–water partition coefficient (Wildman–Crippen LogP) is 20.3. The van der Waals surface area contributed by atoms with Gasteiger partial charge in [-0.25, -0.2) is 19.2 Å². The Kier molecular flexibility index (Phi) is 43.9. The Balaban J connectivity index is 0.000000558. The molecule has 8 aromatic rings. The lowest BCUT2D eigenvalue weighted by Crippen LogP contribution is -2.32. The highest BCUT2D eigenvalue weighted by molar-refractivity contribution is 15.0. The van der Waals surface area contributed by atoms with E-state index in [-0.39, 0.29) is 66.7 Å². The maximum Gasteiger partial charge on any atom is 0.336 e. The van der Waals surface area contributed by atoms with E-state index in [0.29, 0.717) is 28.0 Å². The summed E-state index contributed by atoms with van der Waals surface area (Å²) < 4.78 is 22.1. The van der Waals surface area contributed by atoms with E-state index in [1.807, 2.05) is 82.3 Å². The van der Waals surface area contributed by atoms with E-state index in [1.54, 1.807) is 12.1 Å². The van der Waals surface area contributed by atoms with Crippen LogP contribution in [0.5, 0.6) is 0 Å². The lowest BCUT2D eigenvalue weighted by molar-refractivity contribution is 0.559. The van der Waals surface area contributed by atoms with Crippen molar-refractivity contribution in [2.45, 2.75) is 164 Å². The second-order valence-corrected chi connectivity index (χ2v) is 23.7. The number of hydrogen-bond acceptors (Lipinski definition) is 15. The van der Waals surface area contributed by atoms with Crippen molar-refractivity contribution in [3.8, 4) is 5.40 Å². The fraction of sp³-hybridized carbons (Fsp3) is 0.456. The number of nitrogens with zero attached hydrogens (tertiary/aromatic N) is 2. The monoisotopic (exact) mass is 1740 g/mol. The quantitative estimate of drug-likeness (QED) is 0.0131. The molecule has 1 aliphatic rings. The molecule has 14 nitrogen and oxygen atoms in total. The number of thioether (sulfide) groups is 1. The van der Waals surface area contributed by atoms with Crippen molar-refractivity contribution in [3.63, 3.8) is 0 Å². The molecule has 4 aromatic heterocycles. The van der Waals surface area contributed by atoms with E-state index in [9.17, 15) is 19.2 Å². The number of nitrogens with two attached hydrogens (primary N) is 2. The summed E-state index contributed by atoms with van der Waals surface area (Å²) in [7, 11) is 0. The minimum atomic E-state index is -0.337. The Hall–Kier alpha value is -3.88. The number of alkyl halides is 2. The Bertz CT molecular complexity index is 3460. The van der Waals surface area contributed by atoms with Crippen LogP contribution in [0.15, 0.2) is 134 Å². The molecule has 4 aromatic carbocycles. The third-order valence-corrected chi connectivity index (χ3v) is 16.3. The number of fused-ring (bicyclic) bond motifs is 4. The molecule has 0 radical (unpaired) electrons. The number of benzene rings is 4. The molecule has 1 unspecified atom stereocenters. The molecule has 5 heterocycles. The summed E-state index contributed by atoms with van der Waals surface area (Å²) in [5, 5.41) is 23.2. The van der Waals surface area contributed by atoms with Crippen LogP contribution in [0.2, 0.25) is 0 Å². The van der Waals surface area contributed by atoms with Crippen LogP contribution < -0.4 is 49.5 Å². The smallest absolute Gasteiger partial charge is 0.336 e. The Morgan fingerprint density at radius 2 is 1.00 bits per heavy atom. The average Bonchev–Trinajstić information content (AvgIpc) is 2.36. The fourth-order valence-corrected chi connectivity index (χ4v) is 11.3. The van der Waals surface area contributed by atoms with E-state index in [4.69, 9.17) is 34.4 Å². The number of hydrogen-bond donors (Lipinski definition) is 4. The minimum absolute atomic E-state index is 0. The van der Waals surface area contributed by atoms with Crippen LogP contribution >= 0.6 is 111 Å². The molecule has 6 N–H and O–H groups in total. The van der Waals surface area contributed by atoms with E-state index in [0.717, 1.165) is 119 Å². The van der Waals surface area contributed by atoms with Crippen molar-refractivity contribution < 1.29 is 17.7 Å². The van der Waals surface area contributed by atoms with E-state index in [2.05, 4.69) is 110 Å². The van der Waals surface area contributed by atoms with E-state index >= 15 is 0 Å². The van der Waals surface area contributed by atoms with Crippen LogP contribution in [-0.2, 0) is 0 Å². The molecule has 484 valence electrons. The Labute approximate surface area is 588 Å². The van der Waals surface area contributed by atoms with Crippen molar-refractivity contribution >= 4 is 178 Å². The zero-order chi connectivity index (χ0) is 61.9. The molecule has 1 aliphatic heterocycles. The number of nitriles is 1. The SMILES string of the molecule is C.C.CCCCCCCBr.Cc1cc(=O)oc2cc(N)ccc12.Cc1cc(=O)oc2cc(N3CCCCCC3SC#N)ccc12.Cc1cc(=O)oc2cc(NCCCCCCI)ccc12.Cc1cc(=O)oc2cc(NCCCCCCN)ccc12.I.II. The van der Waals surface area contributed by atoms with E-state index < -0.39 is 0 Å². The van der Waals surface area contributed by atoms with Gasteiger partial charge in [-0.3, -0.25) is 0 Å². The molecule has 0 amide bonds. The van der Waals surface area contributed by atoms with Gasteiger partial charge in [-0.1, -0.05) is 125 Å². The molecule has 0 aliphatic carbocycles. The second-order valence-electron chi connectivity index (χ2n) is 20.8. The first-order valence-corrected chi connectivity index (χ1v) is 39.2. The van der Waals surface area contributed by atoms with Gasteiger partial charge in [-0.15, -0.1) is 24.0 Å². The second kappa shape index (κ2) is 47.1. The fourth-order valence-electron chi connectivity index (χ4n) is 9.62. The molecular formula is C68H93BrI4N6O8S. The van der Waals surface area contributed by atoms with E-state index in [1.165, 1.54) is 123 Å². The first-order chi connectivity index (χ1) is 41.2. The summed E-state index contributed by atoms with van der Waals surface area (Å²) in [5.74, 6) is 0. The maximum atomic E-state index is 11.6. The first-order valence-electron chi connectivity index (χ1n) is 29.4. The van der Waals surface area contributed by atoms with Crippen LogP contribution in [0.4, 0.5) is 22.7 Å². The van der Waals surface area contributed by atoms with Gasteiger partial charge in [-0.05, 0) is 166 Å². The lowest BCUT2D eigenvalue weighted by Gasteiger charge is -2.29. The van der Waals surface area contributed by atoms with Crippen LogP contribution in [0.1, 0.15) is 153 Å². The lowest BCUT2D eigenvalue weighted by atomic mass is 10.1. The summed E-state index contributed by atoms with van der Waals surface area (Å²) in [4.78, 5) is 47.6. The summed E-state index contributed by atoms with van der Waals surface area (Å²) in [6.07, 6.45) is 21.0. The first kappa shape index (κ1) is 82.1. The van der Waals surface area contributed by atoms with Gasteiger partial charge in [0, 0.05) is 155 Å². The van der Waals surface area contributed by atoms with Gasteiger partial charge in [0.05, 0.1) is 5.37 Å². The zero-order valence-electron chi connectivity index (χ0n) is 50.2. The number of rotatable bonds is 21. The van der Waals surface area contributed by atoms with Gasteiger partial charge in [-0.2, -0.15) is 5.26 Å². The highest BCUT2D eigenvalue weighted by atomic mass is 128. The van der Waals surface area contributed by atoms with Gasteiger partial charge in [0.25, 0.3) is 0 Å². The van der Waals surface area contributed by atoms with Crippen molar-refractivity contribution in [1.82, 2.24) is 0 Å². The third kappa shape index (κ3) is 29.2. The normalized spacial score (nSPS) is 12.2. The molecule has 0 spiro atoms. The molecule has 0 saturated carbocycles. The van der Waals surface area contributed by atoms with Crippen molar-refractivity contribution in [1.29, 1.82) is 5.26 Å².